The molecule has 1 aliphatic heterocycles. The quantitative estimate of drug-likeness (QED) is 0.483. The molecule has 3 heterocycles. The molecule has 5 rings (SSSR count). The van der Waals surface area contributed by atoms with Gasteiger partial charge in [0, 0.05) is 29.3 Å². The van der Waals surface area contributed by atoms with Gasteiger partial charge in [0.25, 0.3) is 5.91 Å². The summed E-state index contributed by atoms with van der Waals surface area (Å²) in [5.41, 5.74) is 3.67. The van der Waals surface area contributed by atoms with Crippen molar-refractivity contribution in [3.63, 3.8) is 0 Å². The predicted molar refractivity (Wildman–Crippen MR) is 126 cm³/mol. The number of carbonyl (C=O) groups is 1. The molecule has 1 amide bonds. The summed E-state index contributed by atoms with van der Waals surface area (Å²) in [6, 6.07) is 20.3. The van der Waals surface area contributed by atoms with Crippen LogP contribution < -0.4 is 15.4 Å². The van der Waals surface area contributed by atoms with E-state index in [9.17, 15) is 4.79 Å². The van der Waals surface area contributed by atoms with Crippen LogP contribution in [-0.2, 0) is 4.79 Å². The van der Waals surface area contributed by atoms with E-state index in [-0.39, 0.29) is 5.91 Å². The number of pyridine rings is 1. The van der Waals surface area contributed by atoms with E-state index in [0.29, 0.717) is 23.0 Å². The molecule has 4 aromatic rings. The van der Waals surface area contributed by atoms with Crippen LogP contribution in [0, 0.1) is 0 Å². The first-order valence-corrected chi connectivity index (χ1v) is 10.5. The third-order valence-corrected chi connectivity index (χ3v) is 5.48. The molecule has 0 aliphatic carbocycles. The number of hydrogen-bond acceptors (Lipinski definition) is 6. The number of benzene rings is 2. The molecule has 8 heteroatoms. The molecule has 0 fully saturated rings. The Kier molecular flexibility index (Phi) is 5.32. The minimum Gasteiger partial charge on any atom is -0.497 e. The fourth-order valence-electron chi connectivity index (χ4n) is 3.88. The first-order chi connectivity index (χ1) is 16.1. The van der Waals surface area contributed by atoms with Crippen LogP contribution in [0.25, 0.3) is 11.4 Å². The monoisotopic (exact) mass is 438 g/mol. The lowest BCUT2D eigenvalue weighted by Crippen LogP contribution is -2.31. The van der Waals surface area contributed by atoms with E-state index in [1.807, 2.05) is 73.7 Å². The molecule has 1 aliphatic rings. The fraction of sp³-hybridized carbons (Fsp3) is 0.120. The molecule has 0 bridgehead atoms. The summed E-state index contributed by atoms with van der Waals surface area (Å²) < 4.78 is 7.06. The van der Waals surface area contributed by atoms with Gasteiger partial charge in [0.1, 0.15) is 11.8 Å². The third kappa shape index (κ3) is 3.94. The molecular formula is C25H22N6O2. The maximum Gasteiger partial charge on any atom is 0.255 e. The van der Waals surface area contributed by atoms with Crippen LogP contribution in [0.4, 0.5) is 11.6 Å². The van der Waals surface area contributed by atoms with Crippen molar-refractivity contribution in [3.8, 4) is 17.1 Å². The van der Waals surface area contributed by atoms with Crippen LogP contribution in [-0.4, -0.2) is 32.8 Å². The van der Waals surface area contributed by atoms with Gasteiger partial charge in [0.15, 0.2) is 5.82 Å². The Hall–Kier alpha value is -4.46. The maximum atomic E-state index is 13.5. The molecule has 0 saturated carbocycles. The van der Waals surface area contributed by atoms with Crippen LogP contribution in [0.3, 0.4) is 0 Å². The number of nitrogens with one attached hydrogen (secondary N) is 2. The number of amides is 1. The van der Waals surface area contributed by atoms with Crippen molar-refractivity contribution in [2.24, 2.45) is 0 Å². The fourth-order valence-corrected chi connectivity index (χ4v) is 3.88. The summed E-state index contributed by atoms with van der Waals surface area (Å²) >= 11 is 0. The number of fused-ring (bicyclic) bond motifs is 1. The Labute approximate surface area is 191 Å². The second-order valence-corrected chi connectivity index (χ2v) is 7.60. The van der Waals surface area contributed by atoms with Crippen LogP contribution in [0.15, 0.2) is 90.4 Å². The second kappa shape index (κ2) is 8.58. The lowest BCUT2D eigenvalue weighted by molar-refractivity contribution is -0.113. The number of ether oxygens (including phenoxy) is 1. The Morgan fingerprint density at radius 2 is 1.85 bits per heavy atom. The molecule has 2 aromatic carbocycles. The van der Waals surface area contributed by atoms with Crippen molar-refractivity contribution in [1.29, 1.82) is 0 Å². The molecule has 0 radical (unpaired) electrons. The van der Waals surface area contributed by atoms with Crippen molar-refractivity contribution in [2.45, 2.75) is 13.0 Å². The van der Waals surface area contributed by atoms with E-state index in [1.54, 1.807) is 24.2 Å². The van der Waals surface area contributed by atoms with Crippen LogP contribution in [0.5, 0.6) is 5.75 Å². The van der Waals surface area contributed by atoms with Gasteiger partial charge >= 0.3 is 0 Å². The Balaban J connectivity index is 1.60. The van der Waals surface area contributed by atoms with E-state index in [1.165, 1.54) is 0 Å². The number of para-hydroxylation sites is 1. The minimum atomic E-state index is -0.478. The summed E-state index contributed by atoms with van der Waals surface area (Å²) in [5, 5.41) is 11.0. The number of nitrogens with zero attached hydrogens (tertiary/aromatic N) is 4. The van der Waals surface area contributed by atoms with E-state index >= 15 is 0 Å². The Morgan fingerprint density at radius 1 is 1.06 bits per heavy atom. The summed E-state index contributed by atoms with van der Waals surface area (Å²) in [4.78, 5) is 22.3. The third-order valence-electron chi connectivity index (χ3n) is 5.48. The number of hydrogen-bond donors (Lipinski definition) is 2. The van der Waals surface area contributed by atoms with Crippen LogP contribution >= 0.6 is 0 Å². The maximum absolute atomic E-state index is 13.5. The van der Waals surface area contributed by atoms with Gasteiger partial charge in [-0.25, -0.2) is 4.68 Å². The van der Waals surface area contributed by atoms with Gasteiger partial charge in [-0.2, -0.15) is 4.98 Å². The number of methoxy groups -OCH3 is 1. The molecule has 0 saturated heterocycles. The normalized spacial score (nSPS) is 14.9. The zero-order valence-electron chi connectivity index (χ0n) is 18.2. The van der Waals surface area contributed by atoms with Crippen molar-refractivity contribution >= 4 is 17.5 Å². The molecule has 2 aromatic heterocycles. The highest BCUT2D eigenvalue weighted by molar-refractivity contribution is 6.06. The van der Waals surface area contributed by atoms with Gasteiger partial charge in [-0.3, -0.25) is 9.78 Å². The number of anilines is 2. The van der Waals surface area contributed by atoms with Crippen LogP contribution in [0.2, 0.25) is 0 Å². The summed E-state index contributed by atoms with van der Waals surface area (Å²) in [7, 11) is 1.62. The van der Waals surface area contributed by atoms with E-state index in [0.717, 1.165) is 22.6 Å². The van der Waals surface area contributed by atoms with E-state index in [4.69, 9.17) is 9.84 Å². The minimum absolute atomic E-state index is 0.212. The zero-order chi connectivity index (χ0) is 22.8. The molecule has 33 heavy (non-hydrogen) atoms. The van der Waals surface area contributed by atoms with E-state index in [2.05, 4.69) is 20.6 Å². The first-order valence-electron chi connectivity index (χ1n) is 10.5. The molecule has 1 unspecified atom stereocenters. The smallest absolute Gasteiger partial charge is 0.255 e. The molecule has 164 valence electrons. The average molecular weight is 438 g/mol. The number of aromatic nitrogens is 4. The molecule has 0 spiro atoms. The molecule has 8 nitrogen and oxygen atoms in total. The second-order valence-electron chi connectivity index (χ2n) is 7.60. The Morgan fingerprint density at radius 3 is 2.55 bits per heavy atom. The first kappa shape index (κ1) is 20.4. The summed E-state index contributed by atoms with van der Waals surface area (Å²) in [5.74, 6) is 1.61. The average Bonchev–Trinajstić information content (AvgIpc) is 3.28. The van der Waals surface area contributed by atoms with Gasteiger partial charge in [-0.15, -0.1) is 5.10 Å². The zero-order valence-corrected chi connectivity index (χ0v) is 18.2. The topological polar surface area (TPSA) is 94.0 Å². The lowest BCUT2D eigenvalue weighted by atomic mass is 9.95. The standard InChI is InChI=1S/C25H22N6O2/c1-16-21(24(32)28-19-8-4-3-5-9-19)22(17-10-12-20(33-2)13-11-17)31-25(27-16)29-23(30-31)18-7-6-14-26-15-18/h3-15,22H,1-2H3,(H,28,32)(H,27,29,30). The summed E-state index contributed by atoms with van der Waals surface area (Å²) in [6.07, 6.45) is 3.42. The Bertz CT molecular complexity index is 1310. The highest BCUT2D eigenvalue weighted by atomic mass is 16.5. The largest absolute Gasteiger partial charge is 0.497 e. The van der Waals surface area contributed by atoms with Gasteiger partial charge in [-0.05, 0) is 48.9 Å². The molecule has 1 atom stereocenters. The molecular weight excluding hydrogens is 416 g/mol. The lowest BCUT2D eigenvalue weighted by Gasteiger charge is -2.28. The SMILES string of the molecule is COc1ccc(C2C(C(=O)Nc3ccccc3)=C(C)Nc3nc(-c4cccnc4)nn32)cc1. The van der Waals surface area contributed by atoms with Crippen LogP contribution in [0.1, 0.15) is 18.5 Å². The van der Waals surface area contributed by atoms with Gasteiger partial charge in [0.2, 0.25) is 5.95 Å². The van der Waals surface area contributed by atoms with Crippen molar-refractivity contribution in [3.05, 3.63) is 96.0 Å². The van der Waals surface area contributed by atoms with E-state index < -0.39 is 6.04 Å². The van der Waals surface area contributed by atoms with Crippen molar-refractivity contribution < 1.29 is 9.53 Å². The summed E-state index contributed by atoms with van der Waals surface area (Å²) in [6.45, 7) is 1.87. The number of carbonyl (C=O) groups excluding carboxylic acids is 1. The van der Waals surface area contributed by atoms with Crippen molar-refractivity contribution in [1.82, 2.24) is 19.7 Å². The van der Waals surface area contributed by atoms with Crippen molar-refractivity contribution in [2.75, 3.05) is 17.7 Å². The number of rotatable bonds is 5. The van der Waals surface area contributed by atoms with Gasteiger partial charge in [-0.1, -0.05) is 30.3 Å². The highest BCUT2D eigenvalue weighted by Gasteiger charge is 2.34. The van der Waals surface area contributed by atoms with Gasteiger partial charge in [0.05, 0.1) is 12.7 Å². The van der Waals surface area contributed by atoms with Gasteiger partial charge < -0.3 is 15.4 Å². The number of allylic oxidation sites excluding steroid dienone is 1. The predicted octanol–water partition coefficient (Wildman–Crippen LogP) is 4.28. The highest BCUT2D eigenvalue weighted by Crippen LogP contribution is 2.37. The molecule has 2 N–H and O–H groups in total.